The highest BCUT2D eigenvalue weighted by molar-refractivity contribution is 9.10. The lowest BCUT2D eigenvalue weighted by atomic mass is 9.90. The maximum absolute atomic E-state index is 13.7. The van der Waals surface area contributed by atoms with Crippen LogP contribution in [0, 0.1) is 21.7 Å². The number of allylic oxidation sites excluding steroid dienone is 1. The van der Waals surface area contributed by atoms with Gasteiger partial charge in [-0.1, -0.05) is 34.1 Å². The lowest BCUT2D eigenvalue weighted by Gasteiger charge is -2.50. The van der Waals surface area contributed by atoms with E-state index in [1.807, 2.05) is 24.3 Å². The molecule has 0 spiro atoms. The maximum Gasteiger partial charge on any atom is 0.311 e. The summed E-state index contributed by atoms with van der Waals surface area (Å²) in [6, 6.07) is 7.14. The molecule has 1 aromatic carbocycles. The summed E-state index contributed by atoms with van der Waals surface area (Å²) in [6.45, 7) is 19.8. The minimum absolute atomic E-state index is 0.107. The van der Waals surface area contributed by atoms with Gasteiger partial charge in [-0.05, 0) is 107 Å². The van der Waals surface area contributed by atoms with Gasteiger partial charge in [0.2, 0.25) is 0 Å². The van der Waals surface area contributed by atoms with Gasteiger partial charge >= 0.3 is 23.9 Å². The fraction of sp³-hybridized carbons (Fsp3) is 0.658. The molecule has 2 heterocycles. The Balaban J connectivity index is 2.26. The maximum atomic E-state index is 13.7. The highest BCUT2D eigenvalue weighted by Gasteiger charge is 2.56. The quantitative estimate of drug-likeness (QED) is 0.217. The predicted octanol–water partition coefficient (Wildman–Crippen LogP) is 6.34. The standard InChI is InChI=1S/C38H54BrNO10/c1-35(2,3)31(42)46-21-26-27(48-32(43)36(4,5)6)28(49-33(44)37(7,8)9)29(50-34(45)38(10,11)12)30(47-26)40-18-17-24(41)20-23(40)19-22-15-13-14-16-25(22)39/h13-18,23,26-30H,19-21H2,1-12H3/t23-,26-,27+,28+,29-,30-/m1/s1. The number of rotatable bonds is 8. The van der Waals surface area contributed by atoms with Crippen molar-refractivity contribution in [3.05, 3.63) is 46.6 Å². The van der Waals surface area contributed by atoms with E-state index < -0.39 is 82.2 Å². The van der Waals surface area contributed by atoms with E-state index in [-0.39, 0.29) is 18.8 Å². The van der Waals surface area contributed by atoms with Crippen molar-refractivity contribution in [3.63, 3.8) is 0 Å². The van der Waals surface area contributed by atoms with E-state index in [0.29, 0.717) is 6.42 Å². The molecule has 278 valence electrons. The van der Waals surface area contributed by atoms with E-state index in [2.05, 4.69) is 15.9 Å². The molecule has 3 rings (SSSR count). The second kappa shape index (κ2) is 15.6. The van der Waals surface area contributed by atoms with Crippen LogP contribution >= 0.6 is 15.9 Å². The summed E-state index contributed by atoms with van der Waals surface area (Å²) in [5.41, 5.74) is -2.91. The first-order valence-corrected chi connectivity index (χ1v) is 17.8. The van der Waals surface area contributed by atoms with Crippen LogP contribution in [0.15, 0.2) is 41.0 Å². The Morgan fingerprint density at radius 1 is 0.740 bits per heavy atom. The summed E-state index contributed by atoms with van der Waals surface area (Å²) in [7, 11) is 0. The smallest absolute Gasteiger partial charge is 0.311 e. The largest absolute Gasteiger partial charge is 0.462 e. The third-order valence-corrected chi connectivity index (χ3v) is 8.94. The molecule has 2 aliphatic heterocycles. The first-order valence-electron chi connectivity index (χ1n) is 17.0. The fourth-order valence-corrected chi connectivity index (χ4v) is 5.48. The van der Waals surface area contributed by atoms with Crippen LogP contribution in [-0.2, 0) is 54.1 Å². The van der Waals surface area contributed by atoms with Crippen molar-refractivity contribution in [2.75, 3.05) is 6.61 Å². The molecule has 0 amide bonds. The zero-order chi connectivity index (χ0) is 38.0. The molecule has 11 nitrogen and oxygen atoms in total. The summed E-state index contributed by atoms with van der Waals surface area (Å²) >= 11 is 3.61. The van der Waals surface area contributed by atoms with Gasteiger partial charge in [-0.2, -0.15) is 0 Å². The number of carbonyl (C=O) groups excluding carboxylic acids is 5. The van der Waals surface area contributed by atoms with Crippen LogP contribution in [0.4, 0.5) is 0 Å². The molecule has 0 aliphatic carbocycles. The van der Waals surface area contributed by atoms with Crippen molar-refractivity contribution in [2.45, 2.75) is 133 Å². The number of esters is 4. The number of nitrogens with zero attached hydrogens (tertiary/aromatic N) is 1. The van der Waals surface area contributed by atoms with Gasteiger partial charge in [0.25, 0.3) is 0 Å². The number of hydrogen-bond donors (Lipinski definition) is 0. The molecule has 0 unspecified atom stereocenters. The van der Waals surface area contributed by atoms with Crippen molar-refractivity contribution in [2.24, 2.45) is 21.7 Å². The fourth-order valence-electron chi connectivity index (χ4n) is 5.03. The Hall–Kier alpha value is -3.25. The van der Waals surface area contributed by atoms with Crippen LogP contribution in [0.3, 0.4) is 0 Å². The zero-order valence-corrected chi connectivity index (χ0v) is 33.0. The molecular weight excluding hydrogens is 710 g/mol. The molecule has 0 saturated carbocycles. The number of hydrogen-bond acceptors (Lipinski definition) is 11. The number of benzene rings is 1. The summed E-state index contributed by atoms with van der Waals surface area (Å²) in [5.74, 6) is -2.54. The molecule has 2 aliphatic rings. The topological polar surface area (TPSA) is 135 Å². The lowest BCUT2D eigenvalue weighted by Crippen LogP contribution is -2.67. The van der Waals surface area contributed by atoms with Crippen LogP contribution in [-0.4, -0.2) is 77.9 Å². The van der Waals surface area contributed by atoms with Gasteiger partial charge in [0.15, 0.2) is 30.3 Å². The van der Waals surface area contributed by atoms with Gasteiger partial charge in [-0.25, -0.2) is 0 Å². The van der Waals surface area contributed by atoms with Crippen LogP contribution in [0.1, 0.15) is 95.1 Å². The molecule has 6 atom stereocenters. The third-order valence-electron chi connectivity index (χ3n) is 8.17. The SMILES string of the molecule is CC(C)(C)C(=O)OC[C@H]1O[C@@H](N2C=CC(=O)C[C@H]2Cc2ccccc2Br)[C@H](OC(=O)C(C)(C)C)[C@@H](OC(=O)C(C)(C)C)[C@H]1OC(=O)C(C)(C)C. The van der Waals surface area contributed by atoms with Gasteiger partial charge in [-0.3, -0.25) is 24.0 Å². The summed E-state index contributed by atoms with van der Waals surface area (Å²) in [5, 5.41) is 0. The summed E-state index contributed by atoms with van der Waals surface area (Å²) in [4.78, 5) is 68.5. The second-order valence-electron chi connectivity index (χ2n) is 17.2. The van der Waals surface area contributed by atoms with Crippen LogP contribution in [0.2, 0.25) is 0 Å². The number of halogens is 1. The molecule has 50 heavy (non-hydrogen) atoms. The van der Waals surface area contributed by atoms with E-state index in [9.17, 15) is 24.0 Å². The molecule has 0 aromatic heterocycles. The Morgan fingerprint density at radius 3 is 1.72 bits per heavy atom. The summed E-state index contributed by atoms with van der Waals surface area (Å²) in [6.07, 6.45) is -2.93. The highest BCUT2D eigenvalue weighted by atomic mass is 79.9. The van der Waals surface area contributed by atoms with E-state index in [1.165, 1.54) is 6.08 Å². The van der Waals surface area contributed by atoms with Gasteiger partial charge in [0.1, 0.15) is 12.7 Å². The second-order valence-corrected chi connectivity index (χ2v) is 18.0. The van der Waals surface area contributed by atoms with Crippen LogP contribution in [0.25, 0.3) is 0 Å². The Kier molecular flexibility index (Phi) is 12.8. The van der Waals surface area contributed by atoms with E-state index in [4.69, 9.17) is 23.7 Å². The van der Waals surface area contributed by atoms with E-state index in [0.717, 1.165) is 10.0 Å². The van der Waals surface area contributed by atoms with Gasteiger partial charge in [0, 0.05) is 23.1 Å². The number of carbonyl (C=O) groups is 5. The summed E-state index contributed by atoms with van der Waals surface area (Å²) < 4.78 is 31.8. The number of ether oxygens (including phenoxy) is 5. The van der Waals surface area contributed by atoms with Crippen LogP contribution < -0.4 is 0 Å². The van der Waals surface area contributed by atoms with E-state index in [1.54, 1.807) is 94.2 Å². The molecule has 1 fully saturated rings. The molecule has 0 N–H and O–H groups in total. The van der Waals surface area contributed by atoms with Crippen molar-refractivity contribution in [3.8, 4) is 0 Å². The molecule has 12 heteroatoms. The number of ketones is 1. The minimum Gasteiger partial charge on any atom is -0.462 e. The zero-order valence-electron chi connectivity index (χ0n) is 31.5. The Labute approximate surface area is 304 Å². The van der Waals surface area contributed by atoms with Crippen molar-refractivity contribution >= 4 is 45.6 Å². The Morgan fingerprint density at radius 2 is 1.22 bits per heavy atom. The average Bonchev–Trinajstić information content (AvgIpc) is 2.97. The average molecular weight is 765 g/mol. The highest BCUT2D eigenvalue weighted by Crippen LogP contribution is 2.37. The third kappa shape index (κ3) is 10.6. The molecule has 1 aromatic rings. The molecule has 0 radical (unpaired) electrons. The van der Waals surface area contributed by atoms with Gasteiger partial charge in [0.05, 0.1) is 21.7 Å². The first-order chi connectivity index (χ1) is 22.8. The monoisotopic (exact) mass is 763 g/mol. The normalized spacial score (nSPS) is 24.7. The molecule has 0 bridgehead atoms. The van der Waals surface area contributed by atoms with Crippen molar-refractivity contribution in [1.82, 2.24) is 4.90 Å². The van der Waals surface area contributed by atoms with E-state index >= 15 is 0 Å². The first kappa shape index (κ1) is 41.2. The molecular formula is C38H54BrNO10. The Bertz CT molecular complexity index is 1460. The molecule has 1 saturated heterocycles. The predicted molar refractivity (Wildman–Crippen MR) is 189 cm³/mol. The minimum atomic E-state index is -1.40. The van der Waals surface area contributed by atoms with Gasteiger partial charge < -0.3 is 28.6 Å². The van der Waals surface area contributed by atoms with Crippen molar-refractivity contribution < 1.29 is 47.7 Å². The van der Waals surface area contributed by atoms with Crippen molar-refractivity contribution in [1.29, 1.82) is 0 Å². The van der Waals surface area contributed by atoms with Gasteiger partial charge in [-0.15, -0.1) is 0 Å². The lowest BCUT2D eigenvalue weighted by molar-refractivity contribution is -0.283. The van der Waals surface area contributed by atoms with Crippen LogP contribution in [0.5, 0.6) is 0 Å².